The van der Waals surface area contributed by atoms with Crippen LogP contribution in [0.2, 0.25) is 5.02 Å². The van der Waals surface area contributed by atoms with E-state index in [1.165, 1.54) is 6.07 Å². The summed E-state index contributed by atoms with van der Waals surface area (Å²) in [7, 11) is -3.91. The maximum absolute atomic E-state index is 13.3. The second kappa shape index (κ2) is 9.30. The topological polar surface area (TPSA) is 55.4 Å². The fourth-order valence-corrected chi connectivity index (χ4v) is 4.08. The molecule has 0 amide bonds. The van der Waals surface area contributed by atoms with Crippen LogP contribution in [-0.4, -0.2) is 8.42 Å². The molecule has 4 nitrogen and oxygen atoms in total. The zero-order valence-corrected chi connectivity index (χ0v) is 16.5. The van der Waals surface area contributed by atoms with E-state index in [1.54, 1.807) is 0 Å². The Labute approximate surface area is 169 Å². The highest BCUT2D eigenvalue weighted by Gasteiger charge is 2.18. The first-order chi connectivity index (χ1) is 13.4. The van der Waals surface area contributed by atoms with Crippen LogP contribution in [0.5, 0.6) is 0 Å². The van der Waals surface area contributed by atoms with Gasteiger partial charge in [0.05, 0.1) is 18.2 Å². The van der Waals surface area contributed by atoms with Gasteiger partial charge in [-0.25, -0.2) is 17.5 Å². The first kappa shape index (κ1) is 20.5. The number of hydrogen-bond donors (Lipinski definition) is 1. The smallest absolute Gasteiger partial charge is 0.242 e. The van der Waals surface area contributed by atoms with Gasteiger partial charge in [0.25, 0.3) is 0 Å². The van der Waals surface area contributed by atoms with Gasteiger partial charge in [0.1, 0.15) is 10.7 Å². The van der Waals surface area contributed by atoms with Gasteiger partial charge >= 0.3 is 0 Å². The van der Waals surface area contributed by atoms with Crippen LogP contribution < -0.4 is 4.72 Å². The van der Waals surface area contributed by atoms with Gasteiger partial charge in [-0.05, 0) is 34.9 Å². The van der Waals surface area contributed by atoms with Crippen molar-refractivity contribution in [1.82, 2.24) is 4.72 Å². The highest BCUT2D eigenvalue weighted by atomic mass is 35.5. The molecular formula is C21H19ClFNO3S. The molecule has 0 radical (unpaired) electrons. The third kappa shape index (κ3) is 5.62. The molecule has 7 heteroatoms. The van der Waals surface area contributed by atoms with Crippen LogP contribution in [0.15, 0.2) is 77.7 Å². The molecule has 0 aliphatic rings. The quantitative estimate of drug-likeness (QED) is 0.577. The van der Waals surface area contributed by atoms with Crippen LogP contribution in [0.4, 0.5) is 4.39 Å². The Morgan fingerprint density at radius 3 is 2.14 bits per heavy atom. The molecular weight excluding hydrogens is 401 g/mol. The molecule has 0 atom stereocenters. The van der Waals surface area contributed by atoms with E-state index in [0.717, 1.165) is 28.8 Å². The van der Waals surface area contributed by atoms with Gasteiger partial charge < -0.3 is 4.74 Å². The maximum atomic E-state index is 13.3. The third-order valence-electron chi connectivity index (χ3n) is 4.05. The second-order valence-corrected chi connectivity index (χ2v) is 8.34. The van der Waals surface area contributed by atoms with Gasteiger partial charge in [-0.15, -0.1) is 0 Å². The maximum Gasteiger partial charge on any atom is 0.242 e. The summed E-state index contributed by atoms with van der Waals surface area (Å²) in [4.78, 5) is -0.278. The molecule has 146 valence electrons. The largest absolute Gasteiger partial charge is 0.372 e. The second-order valence-electron chi connectivity index (χ2n) is 6.19. The van der Waals surface area contributed by atoms with E-state index in [-0.39, 0.29) is 16.5 Å². The van der Waals surface area contributed by atoms with Gasteiger partial charge in [0.15, 0.2) is 0 Å². The minimum Gasteiger partial charge on any atom is -0.372 e. The summed E-state index contributed by atoms with van der Waals surface area (Å²) in [6, 6.07) is 20.5. The van der Waals surface area contributed by atoms with Crippen LogP contribution in [0.25, 0.3) is 0 Å². The molecule has 0 fully saturated rings. The number of rotatable bonds is 8. The molecule has 0 spiro atoms. The van der Waals surface area contributed by atoms with Gasteiger partial charge in [-0.2, -0.15) is 0 Å². The Hall–Kier alpha value is -2.25. The Morgan fingerprint density at radius 2 is 1.46 bits per heavy atom. The molecule has 0 heterocycles. The molecule has 28 heavy (non-hydrogen) atoms. The molecule has 3 aromatic carbocycles. The van der Waals surface area contributed by atoms with Crippen molar-refractivity contribution in [2.45, 2.75) is 24.7 Å². The van der Waals surface area contributed by atoms with Crippen molar-refractivity contribution < 1.29 is 17.5 Å². The highest BCUT2D eigenvalue weighted by molar-refractivity contribution is 7.89. The SMILES string of the molecule is O=S(=O)(NCc1ccc(COCc2ccccc2)cc1)c1cc(F)ccc1Cl. The summed E-state index contributed by atoms with van der Waals surface area (Å²) in [6.07, 6.45) is 0. The van der Waals surface area contributed by atoms with Crippen molar-refractivity contribution >= 4 is 21.6 Å². The summed E-state index contributed by atoms with van der Waals surface area (Å²) >= 11 is 5.88. The van der Waals surface area contributed by atoms with Crippen molar-refractivity contribution in [3.05, 3.63) is 100 Å². The molecule has 0 aliphatic heterocycles. The van der Waals surface area contributed by atoms with Crippen molar-refractivity contribution in [2.75, 3.05) is 0 Å². The van der Waals surface area contributed by atoms with E-state index < -0.39 is 15.8 Å². The molecule has 3 aromatic rings. The molecule has 0 saturated heterocycles. The molecule has 0 saturated carbocycles. The lowest BCUT2D eigenvalue weighted by molar-refractivity contribution is 0.107. The minimum atomic E-state index is -3.91. The van der Waals surface area contributed by atoms with Gasteiger partial charge in [0.2, 0.25) is 10.0 Å². The van der Waals surface area contributed by atoms with E-state index >= 15 is 0 Å². The van der Waals surface area contributed by atoms with Crippen LogP contribution >= 0.6 is 11.6 Å². The predicted molar refractivity (Wildman–Crippen MR) is 107 cm³/mol. The van der Waals surface area contributed by atoms with Crippen molar-refractivity contribution in [3.63, 3.8) is 0 Å². The molecule has 0 aliphatic carbocycles. The van der Waals surface area contributed by atoms with Crippen molar-refractivity contribution in [3.8, 4) is 0 Å². The van der Waals surface area contributed by atoms with E-state index in [4.69, 9.17) is 16.3 Å². The zero-order valence-electron chi connectivity index (χ0n) is 14.9. The normalized spacial score (nSPS) is 11.5. The Bertz CT molecular complexity index is 1030. The minimum absolute atomic E-state index is 0.0280. The fraction of sp³-hybridized carbons (Fsp3) is 0.143. The number of nitrogens with one attached hydrogen (secondary N) is 1. The van der Waals surface area contributed by atoms with Crippen molar-refractivity contribution in [1.29, 1.82) is 0 Å². The van der Waals surface area contributed by atoms with Gasteiger partial charge in [0, 0.05) is 6.54 Å². The number of hydrogen-bond acceptors (Lipinski definition) is 3. The number of ether oxygens (including phenoxy) is 1. The third-order valence-corrected chi connectivity index (χ3v) is 5.94. The number of sulfonamides is 1. The average molecular weight is 420 g/mol. The lowest BCUT2D eigenvalue weighted by atomic mass is 10.1. The van der Waals surface area contributed by atoms with Crippen LogP contribution in [0.1, 0.15) is 16.7 Å². The van der Waals surface area contributed by atoms with Crippen molar-refractivity contribution in [2.24, 2.45) is 0 Å². The van der Waals surface area contributed by atoms with E-state index in [9.17, 15) is 12.8 Å². The molecule has 0 unspecified atom stereocenters. The van der Waals surface area contributed by atoms with Crippen LogP contribution in [0, 0.1) is 5.82 Å². The summed E-state index contributed by atoms with van der Waals surface area (Å²) in [6.45, 7) is 1.05. The summed E-state index contributed by atoms with van der Waals surface area (Å²) < 4.78 is 46.1. The van der Waals surface area contributed by atoms with Crippen LogP contribution in [-0.2, 0) is 34.5 Å². The molecule has 0 bridgehead atoms. The molecule has 0 aromatic heterocycles. The Kier molecular flexibility index (Phi) is 6.80. The fourth-order valence-electron chi connectivity index (χ4n) is 2.55. The molecule has 1 N–H and O–H groups in total. The monoisotopic (exact) mass is 419 g/mol. The summed E-state index contributed by atoms with van der Waals surface area (Å²) in [5.74, 6) is -0.662. The van der Waals surface area contributed by atoms with E-state index in [2.05, 4.69) is 4.72 Å². The first-order valence-electron chi connectivity index (χ1n) is 8.58. The van der Waals surface area contributed by atoms with Crippen LogP contribution in [0.3, 0.4) is 0 Å². The van der Waals surface area contributed by atoms with E-state index in [0.29, 0.717) is 13.2 Å². The average Bonchev–Trinajstić information content (AvgIpc) is 2.70. The number of halogens is 2. The Morgan fingerprint density at radius 1 is 0.857 bits per heavy atom. The van der Waals surface area contributed by atoms with Gasteiger partial charge in [-0.3, -0.25) is 0 Å². The summed E-state index contributed by atoms with van der Waals surface area (Å²) in [5.41, 5.74) is 2.85. The lowest BCUT2D eigenvalue weighted by Crippen LogP contribution is -2.23. The van der Waals surface area contributed by atoms with Gasteiger partial charge in [-0.1, -0.05) is 66.2 Å². The zero-order chi connectivity index (χ0) is 20.0. The standard InChI is InChI=1S/C21H19ClFNO3S/c22-20-11-10-19(23)12-21(20)28(25,26)24-13-16-6-8-18(9-7-16)15-27-14-17-4-2-1-3-5-17/h1-12,24H,13-15H2. The lowest BCUT2D eigenvalue weighted by Gasteiger charge is -2.09. The van der Waals surface area contributed by atoms with E-state index in [1.807, 2.05) is 54.6 Å². The Balaban J connectivity index is 1.54. The summed E-state index contributed by atoms with van der Waals surface area (Å²) in [5, 5.41) is -0.0280. The first-order valence-corrected chi connectivity index (χ1v) is 10.4. The highest BCUT2D eigenvalue weighted by Crippen LogP contribution is 2.22. The predicted octanol–water partition coefficient (Wildman–Crippen LogP) is 4.67. The molecule has 3 rings (SSSR count). The number of benzene rings is 3.